The van der Waals surface area contributed by atoms with E-state index in [1.165, 1.54) is 10.4 Å². The molecule has 0 amide bonds. The van der Waals surface area contributed by atoms with Gasteiger partial charge >= 0.3 is 5.97 Å². The smallest absolute Gasteiger partial charge is 0.308 e. The van der Waals surface area contributed by atoms with Gasteiger partial charge in [-0.1, -0.05) is 24.3 Å². The Labute approximate surface area is 181 Å². The number of aliphatic imine (C=N–C) groups is 1. The molecular weight excluding hydrogens is 396 g/mol. The van der Waals surface area contributed by atoms with Gasteiger partial charge in [-0.3, -0.25) is 14.4 Å². The first-order valence-corrected chi connectivity index (χ1v) is 11.1. The number of nitrogens with zero attached hydrogens (tertiary/aromatic N) is 4. The van der Waals surface area contributed by atoms with Crippen LogP contribution in [0.4, 0.5) is 0 Å². The third-order valence-corrected chi connectivity index (χ3v) is 6.57. The molecule has 2 aliphatic rings. The van der Waals surface area contributed by atoms with Crippen molar-refractivity contribution in [1.29, 1.82) is 0 Å². The average Bonchev–Trinajstić information content (AvgIpc) is 3.13. The van der Waals surface area contributed by atoms with Crippen molar-refractivity contribution in [3.63, 3.8) is 0 Å². The number of hydrogen-bond acceptors (Lipinski definition) is 6. The lowest BCUT2D eigenvalue weighted by Gasteiger charge is -2.21. The van der Waals surface area contributed by atoms with Crippen LogP contribution in [0.1, 0.15) is 67.3 Å². The molecule has 2 aromatic heterocycles. The fourth-order valence-electron chi connectivity index (χ4n) is 3.95. The summed E-state index contributed by atoms with van der Waals surface area (Å²) in [7, 11) is 0. The Morgan fingerprint density at radius 3 is 2.67 bits per heavy atom. The molecule has 0 saturated carbocycles. The molecular formula is C23H28N4O2S. The molecule has 4 rings (SSSR count). The predicted octanol–water partition coefficient (Wildman–Crippen LogP) is 4.96. The van der Waals surface area contributed by atoms with Gasteiger partial charge in [-0.15, -0.1) is 21.5 Å². The number of thiophene rings is 1. The average molecular weight is 425 g/mol. The van der Waals surface area contributed by atoms with Gasteiger partial charge in [0.1, 0.15) is 22.5 Å². The number of ether oxygens (including phenoxy) is 1. The molecule has 0 spiro atoms. The highest BCUT2D eigenvalue weighted by molar-refractivity contribution is 7.15. The van der Waals surface area contributed by atoms with Crippen molar-refractivity contribution < 1.29 is 9.53 Å². The zero-order valence-electron chi connectivity index (χ0n) is 18.4. The first kappa shape index (κ1) is 20.7. The molecule has 1 aliphatic carbocycles. The summed E-state index contributed by atoms with van der Waals surface area (Å²) in [4.78, 5) is 19.1. The number of fused-ring (bicyclic) bond motifs is 3. The summed E-state index contributed by atoms with van der Waals surface area (Å²) in [6.07, 6.45) is 9.53. The van der Waals surface area contributed by atoms with Crippen LogP contribution in [0.2, 0.25) is 0 Å². The summed E-state index contributed by atoms with van der Waals surface area (Å²) in [6.45, 7) is 11.9. The largest absolute Gasteiger partial charge is 0.460 e. The molecule has 0 radical (unpaired) electrons. The molecule has 6 nitrogen and oxygen atoms in total. The summed E-state index contributed by atoms with van der Waals surface area (Å²) < 4.78 is 7.67. The molecule has 1 unspecified atom stereocenters. The fourth-order valence-corrected chi connectivity index (χ4v) is 5.17. The molecule has 158 valence electrons. The van der Waals surface area contributed by atoms with E-state index < -0.39 is 11.6 Å². The van der Waals surface area contributed by atoms with E-state index in [4.69, 9.17) is 9.73 Å². The van der Waals surface area contributed by atoms with Gasteiger partial charge in [0.2, 0.25) is 0 Å². The minimum absolute atomic E-state index is 0.137. The zero-order chi connectivity index (χ0) is 21.6. The van der Waals surface area contributed by atoms with Crippen molar-refractivity contribution in [2.24, 2.45) is 10.9 Å². The van der Waals surface area contributed by atoms with Gasteiger partial charge in [-0.2, -0.15) is 0 Å². The van der Waals surface area contributed by atoms with E-state index in [0.717, 1.165) is 28.5 Å². The fraction of sp³-hybridized carbons (Fsp3) is 0.478. The van der Waals surface area contributed by atoms with E-state index in [-0.39, 0.29) is 18.3 Å². The van der Waals surface area contributed by atoms with Crippen LogP contribution in [0.25, 0.3) is 5.00 Å². The number of esters is 1. The van der Waals surface area contributed by atoms with Gasteiger partial charge in [0, 0.05) is 16.4 Å². The van der Waals surface area contributed by atoms with Crippen molar-refractivity contribution in [2.45, 2.75) is 66.0 Å². The van der Waals surface area contributed by atoms with Crippen molar-refractivity contribution in [1.82, 2.24) is 14.8 Å². The Balaban J connectivity index is 1.86. The summed E-state index contributed by atoms with van der Waals surface area (Å²) in [5, 5.41) is 9.85. The van der Waals surface area contributed by atoms with E-state index in [2.05, 4.69) is 52.9 Å². The number of carbonyl (C=O) groups excluding carboxylic acids is 1. The van der Waals surface area contributed by atoms with Crippen LogP contribution in [0.3, 0.4) is 0 Å². The van der Waals surface area contributed by atoms with E-state index in [1.54, 1.807) is 11.3 Å². The second-order valence-corrected chi connectivity index (χ2v) is 10.1. The van der Waals surface area contributed by atoms with Crippen molar-refractivity contribution in [3.05, 3.63) is 52.0 Å². The molecule has 0 N–H and O–H groups in total. The van der Waals surface area contributed by atoms with E-state index in [9.17, 15) is 4.79 Å². The van der Waals surface area contributed by atoms with Crippen LogP contribution in [0.5, 0.6) is 0 Å². The zero-order valence-corrected chi connectivity index (χ0v) is 19.2. The Morgan fingerprint density at radius 2 is 2.00 bits per heavy atom. The second-order valence-electron chi connectivity index (χ2n) is 8.88. The number of hydrogen-bond donors (Lipinski definition) is 0. The number of aryl methyl sites for hydroxylation is 2. The molecule has 0 saturated heterocycles. The lowest BCUT2D eigenvalue weighted by atomic mass is 9.89. The van der Waals surface area contributed by atoms with Crippen LogP contribution in [0.15, 0.2) is 29.3 Å². The van der Waals surface area contributed by atoms with E-state index in [0.29, 0.717) is 5.82 Å². The molecule has 0 aromatic carbocycles. The van der Waals surface area contributed by atoms with Crippen molar-refractivity contribution >= 4 is 23.0 Å². The maximum absolute atomic E-state index is 12.7. The Hall–Kier alpha value is -2.54. The highest BCUT2D eigenvalue weighted by Crippen LogP contribution is 2.40. The van der Waals surface area contributed by atoms with Crippen LogP contribution < -0.4 is 0 Å². The van der Waals surface area contributed by atoms with Gasteiger partial charge < -0.3 is 4.74 Å². The molecule has 3 heterocycles. The van der Waals surface area contributed by atoms with Gasteiger partial charge in [-0.25, -0.2) is 0 Å². The summed E-state index contributed by atoms with van der Waals surface area (Å²) >= 11 is 1.73. The maximum atomic E-state index is 12.7. The third-order valence-electron chi connectivity index (χ3n) is 5.38. The Kier molecular flexibility index (Phi) is 5.26. The third kappa shape index (κ3) is 3.78. The first-order valence-electron chi connectivity index (χ1n) is 10.3. The standard InChI is InChI=1S/C23H28N4O2S/c1-13-14(2)30-22-19(13)20(16-10-8-7-9-11-16)24-17(12-18(28)29-23(4,5)6)21-26-25-15(3)27(21)22/h7-10,16-17H,11-12H2,1-6H3/t16?,17-/m0/s1. The molecule has 0 bridgehead atoms. The van der Waals surface area contributed by atoms with Gasteiger partial charge in [0.15, 0.2) is 5.82 Å². The molecule has 2 atom stereocenters. The van der Waals surface area contributed by atoms with Gasteiger partial charge in [0.25, 0.3) is 0 Å². The summed E-state index contributed by atoms with van der Waals surface area (Å²) in [5.41, 5.74) is 2.86. The van der Waals surface area contributed by atoms with Crippen molar-refractivity contribution in [2.75, 3.05) is 0 Å². The van der Waals surface area contributed by atoms with E-state index in [1.807, 2.05) is 27.7 Å². The van der Waals surface area contributed by atoms with Crippen LogP contribution in [-0.2, 0) is 9.53 Å². The number of allylic oxidation sites excluding steroid dienone is 4. The molecule has 0 fully saturated rings. The normalized spacial score (nSPS) is 20.4. The second kappa shape index (κ2) is 7.61. The SMILES string of the molecule is Cc1sc2c(c1C)C(C1C=CC=CC1)=N[C@@H](CC(=O)OC(C)(C)C)c1nnc(C)n1-2. The molecule has 1 aliphatic heterocycles. The topological polar surface area (TPSA) is 69.4 Å². The molecule has 30 heavy (non-hydrogen) atoms. The minimum atomic E-state index is -0.541. The predicted molar refractivity (Wildman–Crippen MR) is 120 cm³/mol. The number of aromatic nitrogens is 3. The van der Waals surface area contributed by atoms with Gasteiger partial charge in [-0.05, 0) is 53.5 Å². The van der Waals surface area contributed by atoms with Crippen LogP contribution in [0, 0.1) is 26.7 Å². The summed E-state index contributed by atoms with van der Waals surface area (Å²) in [5.74, 6) is 1.39. The summed E-state index contributed by atoms with van der Waals surface area (Å²) in [6, 6.07) is -0.435. The van der Waals surface area contributed by atoms with Crippen LogP contribution >= 0.6 is 11.3 Å². The minimum Gasteiger partial charge on any atom is -0.460 e. The molecule has 2 aromatic rings. The molecule has 7 heteroatoms. The Bertz CT molecular complexity index is 1080. The number of carbonyl (C=O) groups is 1. The van der Waals surface area contributed by atoms with Gasteiger partial charge in [0.05, 0.1) is 12.1 Å². The maximum Gasteiger partial charge on any atom is 0.308 e. The quantitative estimate of drug-likeness (QED) is 0.653. The van der Waals surface area contributed by atoms with Crippen LogP contribution in [-0.4, -0.2) is 32.0 Å². The number of rotatable bonds is 3. The lowest BCUT2D eigenvalue weighted by molar-refractivity contribution is -0.155. The highest BCUT2D eigenvalue weighted by Gasteiger charge is 2.34. The first-order chi connectivity index (χ1) is 14.2. The monoisotopic (exact) mass is 424 g/mol. The van der Waals surface area contributed by atoms with E-state index >= 15 is 0 Å². The lowest BCUT2D eigenvalue weighted by Crippen LogP contribution is -2.25. The Morgan fingerprint density at radius 1 is 1.23 bits per heavy atom. The highest BCUT2D eigenvalue weighted by atomic mass is 32.1. The van der Waals surface area contributed by atoms with Crippen molar-refractivity contribution in [3.8, 4) is 5.00 Å².